The third-order valence-electron chi connectivity index (χ3n) is 14.2. The van der Waals surface area contributed by atoms with E-state index in [1.807, 2.05) is 0 Å². The molecule has 6 heteroatoms. The molecule has 0 N–H and O–H groups in total. The van der Waals surface area contributed by atoms with Gasteiger partial charge in [-0.25, -0.2) is 0 Å². The Morgan fingerprint density at radius 3 is 0.813 bits per heavy atom. The Balaban J connectivity index is 4.10. The zero-order valence-corrected chi connectivity index (χ0v) is 49.8. The first-order valence-electron chi connectivity index (χ1n) is 32.4. The number of carbonyl (C=O) groups is 3. The summed E-state index contributed by atoms with van der Waals surface area (Å²) in [4.78, 5) is 38.1. The van der Waals surface area contributed by atoms with Crippen molar-refractivity contribution < 1.29 is 28.6 Å². The van der Waals surface area contributed by atoms with E-state index < -0.39 is 6.10 Å². The van der Waals surface area contributed by atoms with Crippen LogP contribution in [0.3, 0.4) is 0 Å². The first-order chi connectivity index (χ1) is 37.0. The van der Waals surface area contributed by atoms with Crippen LogP contribution in [-0.2, 0) is 28.6 Å². The Labute approximate surface area is 465 Å². The topological polar surface area (TPSA) is 78.9 Å². The second kappa shape index (κ2) is 63.4. The predicted octanol–water partition coefficient (Wildman–Crippen LogP) is 22.1. The van der Waals surface area contributed by atoms with E-state index in [9.17, 15) is 14.4 Å². The van der Waals surface area contributed by atoms with Gasteiger partial charge in [0.25, 0.3) is 0 Å². The van der Waals surface area contributed by atoms with Crippen LogP contribution in [0.15, 0.2) is 72.9 Å². The van der Waals surface area contributed by atoms with Crippen LogP contribution in [0.4, 0.5) is 0 Å². The standard InChI is InChI=1S/C69H122O6/c1-4-7-10-13-16-18-20-22-24-26-28-30-32-33-34-35-37-38-40-42-44-46-48-50-53-56-59-62-68(71)74-65-66(64-73-67(70)61-58-55-52-15-12-9-6-3)75-69(72)63-60-57-54-51-49-47-45-43-41-39-36-31-29-27-25-23-21-19-17-14-11-8-5-2/h8,11,17,19-20,22-23,25-26,28-29,31,66H,4-7,9-10,12-16,18,21,24,27,30,32-65H2,1-3H3/b11-8-,19-17-,22-20-,25-23-,28-26-,31-29-. The number of carbonyl (C=O) groups excluding carboxylic acids is 3. The lowest BCUT2D eigenvalue weighted by atomic mass is 10.0. The molecule has 0 saturated heterocycles. The maximum atomic E-state index is 12.9. The number of hydrogen-bond donors (Lipinski definition) is 0. The van der Waals surface area contributed by atoms with Gasteiger partial charge < -0.3 is 14.2 Å². The van der Waals surface area contributed by atoms with Gasteiger partial charge >= 0.3 is 17.9 Å². The van der Waals surface area contributed by atoms with Crippen molar-refractivity contribution in [3.63, 3.8) is 0 Å². The van der Waals surface area contributed by atoms with E-state index in [1.54, 1.807) is 0 Å². The fourth-order valence-corrected chi connectivity index (χ4v) is 9.35. The van der Waals surface area contributed by atoms with Crippen LogP contribution in [0.2, 0.25) is 0 Å². The van der Waals surface area contributed by atoms with Crippen LogP contribution in [0.1, 0.15) is 329 Å². The molecule has 75 heavy (non-hydrogen) atoms. The summed E-state index contributed by atoms with van der Waals surface area (Å²) in [5, 5.41) is 0. The van der Waals surface area contributed by atoms with Gasteiger partial charge in [-0.05, 0) is 89.9 Å². The molecule has 434 valence electrons. The van der Waals surface area contributed by atoms with E-state index >= 15 is 0 Å². The summed E-state index contributed by atoms with van der Waals surface area (Å²) in [6.07, 6.45) is 82.2. The molecular formula is C69H122O6. The lowest BCUT2D eigenvalue weighted by Gasteiger charge is -2.18. The maximum absolute atomic E-state index is 12.9. The molecule has 0 aliphatic rings. The minimum absolute atomic E-state index is 0.0740. The van der Waals surface area contributed by atoms with Gasteiger partial charge in [-0.2, -0.15) is 0 Å². The van der Waals surface area contributed by atoms with Gasteiger partial charge in [-0.3, -0.25) is 14.4 Å². The van der Waals surface area contributed by atoms with Crippen LogP contribution >= 0.6 is 0 Å². The molecule has 0 aromatic heterocycles. The van der Waals surface area contributed by atoms with E-state index in [-0.39, 0.29) is 31.1 Å². The predicted molar refractivity (Wildman–Crippen MR) is 325 cm³/mol. The Bertz CT molecular complexity index is 1390. The molecule has 0 aromatic rings. The Morgan fingerprint density at radius 2 is 0.520 bits per heavy atom. The molecule has 0 saturated carbocycles. The molecule has 0 aromatic carbocycles. The number of rotatable bonds is 59. The normalized spacial score (nSPS) is 12.5. The van der Waals surface area contributed by atoms with Crippen molar-refractivity contribution in [2.75, 3.05) is 13.2 Å². The van der Waals surface area contributed by atoms with Crippen LogP contribution < -0.4 is 0 Å². The monoisotopic (exact) mass is 1050 g/mol. The highest BCUT2D eigenvalue weighted by atomic mass is 16.6. The minimum atomic E-state index is -0.775. The summed E-state index contributed by atoms with van der Waals surface area (Å²) in [5.74, 6) is -0.871. The van der Waals surface area contributed by atoms with Crippen molar-refractivity contribution in [3.8, 4) is 0 Å². The lowest BCUT2D eigenvalue weighted by molar-refractivity contribution is -0.167. The van der Waals surface area contributed by atoms with Crippen molar-refractivity contribution in [3.05, 3.63) is 72.9 Å². The first kappa shape index (κ1) is 71.8. The number of esters is 3. The largest absolute Gasteiger partial charge is 0.462 e. The molecule has 0 heterocycles. The summed E-state index contributed by atoms with van der Waals surface area (Å²) < 4.78 is 16.9. The lowest BCUT2D eigenvalue weighted by Crippen LogP contribution is -2.30. The zero-order chi connectivity index (χ0) is 54.3. The van der Waals surface area contributed by atoms with E-state index in [4.69, 9.17) is 14.2 Å². The average molecular weight is 1050 g/mol. The van der Waals surface area contributed by atoms with Crippen LogP contribution in [-0.4, -0.2) is 37.2 Å². The summed E-state index contributed by atoms with van der Waals surface area (Å²) in [5.41, 5.74) is 0. The summed E-state index contributed by atoms with van der Waals surface area (Å²) in [6.45, 7) is 6.51. The molecule has 0 amide bonds. The van der Waals surface area contributed by atoms with Crippen LogP contribution in [0.25, 0.3) is 0 Å². The highest BCUT2D eigenvalue weighted by Gasteiger charge is 2.19. The third-order valence-corrected chi connectivity index (χ3v) is 14.2. The molecule has 0 bridgehead atoms. The van der Waals surface area contributed by atoms with E-state index in [1.165, 1.54) is 199 Å². The van der Waals surface area contributed by atoms with Gasteiger partial charge in [0.2, 0.25) is 0 Å². The van der Waals surface area contributed by atoms with Gasteiger partial charge in [0.15, 0.2) is 6.10 Å². The van der Waals surface area contributed by atoms with E-state index in [2.05, 4.69) is 93.7 Å². The van der Waals surface area contributed by atoms with E-state index in [0.29, 0.717) is 19.3 Å². The van der Waals surface area contributed by atoms with E-state index in [0.717, 1.165) is 89.9 Å². The van der Waals surface area contributed by atoms with Gasteiger partial charge in [0.1, 0.15) is 13.2 Å². The average Bonchev–Trinajstić information content (AvgIpc) is 3.41. The summed E-state index contributed by atoms with van der Waals surface area (Å²) in [6, 6.07) is 0. The zero-order valence-electron chi connectivity index (χ0n) is 49.8. The third kappa shape index (κ3) is 61.6. The van der Waals surface area contributed by atoms with Crippen molar-refractivity contribution in [2.45, 2.75) is 335 Å². The fraction of sp³-hybridized carbons (Fsp3) is 0.783. The number of ether oxygens (including phenoxy) is 3. The molecule has 1 unspecified atom stereocenters. The van der Waals surface area contributed by atoms with Gasteiger partial charge in [0, 0.05) is 19.3 Å². The SMILES string of the molecule is CC/C=C\C/C=C\C/C=C\C/C=C\CCCCCCCCCCCCC(=O)OC(COC(=O)CCCCCCCCC)COC(=O)CCCCCCCCCCCCCCCCC/C=C\C/C=C\CCCCCCC. The van der Waals surface area contributed by atoms with Crippen LogP contribution in [0.5, 0.6) is 0 Å². The Hall–Kier alpha value is -3.15. The maximum Gasteiger partial charge on any atom is 0.306 e. The molecule has 0 fully saturated rings. The number of allylic oxidation sites excluding steroid dienone is 12. The second-order valence-corrected chi connectivity index (χ2v) is 21.6. The van der Waals surface area contributed by atoms with Gasteiger partial charge in [0.05, 0.1) is 0 Å². The molecule has 0 aliphatic heterocycles. The molecule has 0 rings (SSSR count). The quantitative estimate of drug-likeness (QED) is 0.0261. The summed E-state index contributed by atoms with van der Waals surface area (Å²) >= 11 is 0. The highest BCUT2D eigenvalue weighted by molar-refractivity contribution is 5.71. The van der Waals surface area contributed by atoms with Crippen LogP contribution in [0, 0.1) is 0 Å². The van der Waals surface area contributed by atoms with Crippen molar-refractivity contribution in [1.29, 1.82) is 0 Å². The Morgan fingerprint density at radius 1 is 0.280 bits per heavy atom. The first-order valence-corrected chi connectivity index (χ1v) is 32.4. The summed E-state index contributed by atoms with van der Waals surface area (Å²) in [7, 11) is 0. The fourth-order valence-electron chi connectivity index (χ4n) is 9.35. The molecule has 1 atom stereocenters. The molecule has 0 radical (unpaired) electrons. The Kier molecular flexibility index (Phi) is 60.7. The van der Waals surface area contributed by atoms with Crippen molar-refractivity contribution in [2.24, 2.45) is 0 Å². The van der Waals surface area contributed by atoms with Gasteiger partial charge in [-0.15, -0.1) is 0 Å². The van der Waals surface area contributed by atoms with Gasteiger partial charge in [-0.1, -0.05) is 293 Å². The smallest absolute Gasteiger partial charge is 0.306 e. The second-order valence-electron chi connectivity index (χ2n) is 21.6. The molecule has 0 spiro atoms. The molecule has 6 nitrogen and oxygen atoms in total. The van der Waals surface area contributed by atoms with Crippen molar-refractivity contribution >= 4 is 17.9 Å². The minimum Gasteiger partial charge on any atom is -0.462 e. The highest BCUT2D eigenvalue weighted by Crippen LogP contribution is 2.17. The number of hydrogen-bond acceptors (Lipinski definition) is 6. The molecule has 0 aliphatic carbocycles. The van der Waals surface area contributed by atoms with Crippen molar-refractivity contribution in [1.82, 2.24) is 0 Å². The number of unbranched alkanes of at least 4 members (excludes halogenated alkanes) is 36. The molecular weight excluding hydrogens is 925 g/mol.